The van der Waals surface area contributed by atoms with Crippen molar-refractivity contribution in [2.75, 3.05) is 20.3 Å². The Balaban J connectivity index is 1.74. The van der Waals surface area contributed by atoms with Crippen LogP contribution >= 0.6 is 0 Å². The number of hydrogen-bond acceptors (Lipinski definition) is 2. The van der Waals surface area contributed by atoms with Gasteiger partial charge in [-0.15, -0.1) is 0 Å². The first-order chi connectivity index (χ1) is 9.90. The molecule has 0 saturated carbocycles. The summed E-state index contributed by atoms with van der Waals surface area (Å²) >= 11 is 0. The van der Waals surface area contributed by atoms with Crippen molar-refractivity contribution < 1.29 is 4.74 Å². The third-order valence-corrected chi connectivity index (χ3v) is 3.42. The van der Waals surface area contributed by atoms with Gasteiger partial charge in [-0.25, -0.2) is 0 Å². The van der Waals surface area contributed by atoms with Crippen molar-refractivity contribution in [3.8, 4) is 0 Å². The second-order valence-corrected chi connectivity index (χ2v) is 4.95. The number of aryl methyl sites for hydroxylation is 2. The normalized spacial score (nSPS) is 10.8. The number of nitrogens with zero attached hydrogens (tertiary/aromatic N) is 1. The number of ether oxygens (including phenoxy) is 1. The summed E-state index contributed by atoms with van der Waals surface area (Å²) in [5.74, 6) is 0. The van der Waals surface area contributed by atoms with Crippen LogP contribution in [0.5, 0.6) is 0 Å². The molecule has 0 amide bonds. The Hall–Kier alpha value is -1.58. The van der Waals surface area contributed by atoms with E-state index in [1.165, 1.54) is 17.7 Å². The molecule has 20 heavy (non-hydrogen) atoms. The highest BCUT2D eigenvalue weighted by Crippen LogP contribution is 2.07. The van der Waals surface area contributed by atoms with Gasteiger partial charge in [-0.05, 0) is 30.5 Å². The fraction of sp³-hybridized carbons (Fsp3) is 0.412. The number of nitrogens with one attached hydrogen (secondary N) is 1. The van der Waals surface area contributed by atoms with Crippen molar-refractivity contribution in [3.63, 3.8) is 0 Å². The molecule has 0 aliphatic carbocycles. The molecule has 0 spiro atoms. The summed E-state index contributed by atoms with van der Waals surface area (Å²) in [6.07, 6.45) is 4.47. The fourth-order valence-electron chi connectivity index (χ4n) is 2.32. The van der Waals surface area contributed by atoms with Crippen LogP contribution in [0, 0.1) is 0 Å². The summed E-state index contributed by atoms with van der Waals surface area (Å²) in [7, 11) is 1.73. The van der Waals surface area contributed by atoms with Gasteiger partial charge in [-0.2, -0.15) is 0 Å². The number of methoxy groups -OCH3 is 1. The van der Waals surface area contributed by atoms with Crippen LogP contribution in [0.1, 0.15) is 17.7 Å². The van der Waals surface area contributed by atoms with Gasteiger partial charge in [0.05, 0.1) is 6.61 Å². The molecule has 3 heteroatoms. The minimum Gasteiger partial charge on any atom is -0.383 e. The molecule has 2 rings (SSSR count). The molecule has 0 unspecified atom stereocenters. The molecule has 3 nitrogen and oxygen atoms in total. The van der Waals surface area contributed by atoms with Gasteiger partial charge in [0.2, 0.25) is 0 Å². The monoisotopic (exact) mass is 272 g/mol. The minimum absolute atomic E-state index is 0.759. The van der Waals surface area contributed by atoms with Crippen LogP contribution < -0.4 is 5.32 Å². The van der Waals surface area contributed by atoms with Crippen molar-refractivity contribution in [2.45, 2.75) is 25.9 Å². The summed E-state index contributed by atoms with van der Waals surface area (Å²) in [6, 6.07) is 15.0. The Morgan fingerprint density at radius 2 is 1.95 bits per heavy atom. The Morgan fingerprint density at radius 3 is 2.75 bits per heavy atom. The summed E-state index contributed by atoms with van der Waals surface area (Å²) in [5, 5.41) is 3.39. The average molecular weight is 272 g/mol. The molecule has 1 aromatic heterocycles. The van der Waals surface area contributed by atoms with Gasteiger partial charge in [0.15, 0.2) is 0 Å². The van der Waals surface area contributed by atoms with Gasteiger partial charge in [0.1, 0.15) is 0 Å². The highest BCUT2D eigenvalue weighted by Gasteiger charge is 2.00. The summed E-state index contributed by atoms with van der Waals surface area (Å²) in [4.78, 5) is 0. The maximum atomic E-state index is 5.04. The molecular weight excluding hydrogens is 248 g/mol. The van der Waals surface area contributed by atoms with Crippen molar-refractivity contribution in [2.24, 2.45) is 0 Å². The molecular formula is C17H24N2O. The molecule has 0 saturated heterocycles. The van der Waals surface area contributed by atoms with Crippen LogP contribution in [0.3, 0.4) is 0 Å². The molecule has 108 valence electrons. The Labute approximate surface area is 121 Å². The zero-order valence-electron chi connectivity index (χ0n) is 12.2. The van der Waals surface area contributed by atoms with E-state index in [2.05, 4.69) is 58.5 Å². The van der Waals surface area contributed by atoms with E-state index in [9.17, 15) is 0 Å². The van der Waals surface area contributed by atoms with E-state index < -0.39 is 0 Å². The molecule has 0 aliphatic rings. The molecule has 1 aromatic carbocycles. The standard InChI is InChI=1S/C17H24N2O/c1-20-14-11-18-15-17-10-6-13-19(17)12-5-9-16-7-3-2-4-8-16/h2-4,6-8,10,13,18H,5,9,11-12,14-15H2,1H3. The molecule has 0 aliphatic heterocycles. The molecule has 0 atom stereocenters. The van der Waals surface area contributed by atoms with Crippen molar-refractivity contribution in [1.82, 2.24) is 9.88 Å². The molecule has 2 aromatic rings. The van der Waals surface area contributed by atoms with E-state index in [-0.39, 0.29) is 0 Å². The zero-order chi connectivity index (χ0) is 14.0. The van der Waals surface area contributed by atoms with Crippen LogP contribution in [-0.2, 0) is 24.2 Å². The number of benzene rings is 1. The molecule has 0 bridgehead atoms. The Bertz CT molecular complexity index is 479. The Morgan fingerprint density at radius 1 is 1.10 bits per heavy atom. The third kappa shape index (κ3) is 4.83. The predicted octanol–water partition coefficient (Wildman–Crippen LogP) is 2.86. The quantitative estimate of drug-likeness (QED) is 0.710. The molecule has 1 N–H and O–H groups in total. The van der Waals surface area contributed by atoms with Crippen molar-refractivity contribution in [3.05, 3.63) is 59.9 Å². The topological polar surface area (TPSA) is 26.2 Å². The van der Waals surface area contributed by atoms with Gasteiger partial charge in [-0.3, -0.25) is 0 Å². The van der Waals surface area contributed by atoms with Crippen LogP contribution in [-0.4, -0.2) is 24.8 Å². The minimum atomic E-state index is 0.759. The van der Waals surface area contributed by atoms with E-state index in [4.69, 9.17) is 4.74 Å². The average Bonchev–Trinajstić information content (AvgIpc) is 2.92. The lowest BCUT2D eigenvalue weighted by molar-refractivity contribution is 0.199. The molecule has 0 fully saturated rings. The van der Waals surface area contributed by atoms with Crippen LogP contribution in [0.15, 0.2) is 48.7 Å². The second-order valence-electron chi connectivity index (χ2n) is 4.95. The van der Waals surface area contributed by atoms with Crippen LogP contribution in [0.4, 0.5) is 0 Å². The molecule has 0 radical (unpaired) electrons. The van der Waals surface area contributed by atoms with Crippen molar-refractivity contribution >= 4 is 0 Å². The first-order valence-corrected chi connectivity index (χ1v) is 7.28. The van der Waals surface area contributed by atoms with Crippen LogP contribution in [0.25, 0.3) is 0 Å². The first kappa shape index (κ1) is 14.8. The summed E-state index contributed by atoms with van der Waals surface area (Å²) < 4.78 is 7.37. The number of rotatable bonds is 9. The number of aromatic nitrogens is 1. The molecule has 1 heterocycles. The SMILES string of the molecule is COCCNCc1cccn1CCCc1ccccc1. The van der Waals surface area contributed by atoms with E-state index in [0.29, 0.717) is 0 Å². The maximum Gasteiger partial charge on any atom is 0.0587 e. The van der Waals surface area contributed by atoms with Gasteiger partial charge >= 0.3 is 0 Å². The van der Waals surface area contributed by atoms with Gasteiger partial charge in [0, 0.05) is 38.6 Å². The highest BCUT2D eigenvalue weighted by molar-refractivity contribution is 5.14. The maximum absolute atomic E-state index is 5.04. The number of hydrogen-bond donors (Lipinski definition) is 1. The lowest BCUT2D eigenvalue weighted by atomic mass is 10.1. The second kappa shape index (κ2) is 8.56. The summed E-state index contributed by atoms with van der Waals surface area (Å²) in [5.41, 5.74) is 2.76. The van der Waals surface area contributed by atoms with E-state index >= 15 is 0 Å². The lowest BCUT2D eigenvalue weighted by Gasteiger charge is -2.10. The van der Waals surface area contributed by atoms with E-state index in [1.807, 2.05) is 0 Å². The fourth-order valence-corrected chi connectivity index (χ4v) is 2.32. The smallest absolute Gasteiger partial charge is 0.0587 e. The summed E-state index contributed by atoms with van der Waals surface area (Å²) in [6.45, 7) is 3.63. The third-order valence-electron chi connectivity index (χ3n) is 3.42. The predicted molar refractivity (Wildman–Crippen MR) is 82.8 cm³/mol. The van der Waals surface area contributed by atoms with Gasteiger partial charge in [-0.1, -0.05) is 30.3 Å². The van der Waals surface area contributed by atoms with Crippen molar-refractivity contribution in [1.29, 1.82) is 0 Å². The first-order valence-electron chi connectivity index (χ1n) is 7.28. The zero-order valence-corrected chi connectivity index (χ0v) is 12.2. The highest BCUT2D eigenvalue weighted by atomic mass is 16.5. The van der Waals surface area contributed by atoms with E-state index in [1.54, 1.807) is 7.11 Å². The van der Waals surface area contributed by atoms with E-state index in [0.717, 1.165) is 32.7 Å². The largest absolute Gasteiger partial charge is 0.383 e. The van der Waals surface area contributed by atoms with Gasteiger partial charge < -0.3 is 14.6 Å². The Kier molecular flexibility index (Phi) is 6.35. The lowest BCUT2D eigenvalue weighted by Crippen LogP contribution is -2.20. The van der Waals surface area contributed by atoms with Crippen LogP contribution in [0.2, 0.25) is 0 Å². The van der Waals surface area contributed by atoms with Gasteiger partial charge in [0.25, 0.3) is 0 Å².